The minimum Gasteiger partial charge on any atom is -0.327 e. The van der Waals surface area contributed by atoms with E-state index in [9.17, 15) is 0 Å². The molecule has 0 spiro atoms. The number of hydrogen-bond donors (Lipinski definition) is 1. The molecule has 1 atom stereocenters. The molecule has 0 saturated heterocycles. The van der Waals surface area contributed by atoms with Crippen molar-refractivity contribution in [2.75, 3.05) is 0 Å². The predicted molar refractivity (Wildman–Crippen MR) is 77.9 cm³/mol. The van der Waals surface area contributed by atoms with E-state index < -0.39 is 0 Å². The molecule has 0 aliphatic heterocycles. The van der Waals surface area contributed by atoms with E-state index in [0.29, 0.717) is 5.92 Å². The monoisotopic (exact) mass is 271 g/mol. The smallest absolute Gasteiger partial charge is 0.130 e. The van der Waals surface area contributed by atoms with Gasteiger partial charge in [-0.1, -0.05) is 38.3 Å². The van der Waals surface area contributed by atoms with Gasteiger partial charge in [0.2, 0.25) is 0 Å². The van der Waals surface area contributed by atoms with Crippen LogP contribution in [0.25, 0.3) is 0 Å². The van der Waals surface area contributed by atoms with Crippen molar-refractivity contribution >= 4 is 11.6 Å². The van der Waals surface area contributed by atoms with Crippen LogP contribution in [0.4, 0.5) is 0 Å². The van der Waals surface area contributed by atoms with Gasteiger partial charge >= 0.3 is 0 Å². The molecular formula is C14H26ClN3. The van der Waals surface area contributed by atoms with E-state index in [4.69, 9.17) is 17.3 Å². The highest BCUT2D eigenvalue weighted by Gasteiger charge is 2.20. The molecule has 0 aromatic carbocycles. The minimum atomic E-state index is 0.185. The highest BCUT2D eigenvalue weighted by molar-refractivity contribution is 6.30. The zero-order valence-corrected chi connectivity index (χ0v) is 12.8. The van der Waals surface area contributed by atoms with Gasteiger partial charge in [-0.25, -0.2) is 0 Å². The van der Waals surface area contributed by atoms with Gasteiger partial charge < -0.3 is 5.73 Å². The Morgan fingerprint density at radius 1 is 1.28 bits per heavy atom. The van der Waals surface area contributed by atoms with Crippen LogP contribution in [0.3, 0.4) is 0 Å². The lowest BCUT2D eigenvalue weighted by atomic mass is 9.87. The number of halogens is 1. The molecule has 1 aromatic heterocycles. The molecule has 0 aliphatic carbocycles. The Morgan fingerprint density at radius 2 is 1.83 bits per heavy atom. The molecule has 0 bridgehead atoms. The van der Waals surface area contributed by atoms with Crippen LogP contribution in [-0.4, -0.2) is 15.8 Å². The fraction of sp³-hybridized carbons (Fsp3) is 0.786. The maximum atomic E-state index is 6.37. The van der Waals surface area contributed by atoms with Gasteiger partial charge in [0.25, 0.3) is 0 Å². The van der Waals surface area contributed by atoms with Crippen molar-refractivity contribution in [3.05, 3.63) is 16.4 Å². The number of aromatic nitrogens is 2. The minimum absolute atomic E-state index is 0.185. The average molecular weight is 272 g/mol. The predicted octanol–water partition coefficient (Wildman–Crippen LogP) is 3.47. The van der Waals surface area contributed by atoms with E-state index in [1.165, 1.54) is 25.7 Å². The molecule has 0 aliphatic rings. The summed E-state index contributed by atoms with van der Waals surface area (Å²) in [4.78, 5) is 0. The standard InChI is InChI=1S/C14H26ClN3/c1-5-7-11(8-6-2)13(16)9-12-10(3)17-18(4)14(12)15/h11,13H,5-9,16H2,1-4H3. The van der Waals surface area contributed by atoms with E-state index in [1.807, 2.05) is 14.0 Å². The average Bonchev–Trinajstić information content (AvgIpc) is 2.55. The summed E-state index contributed by atoms with van der Waals surface area (Å²) >= 11 is 6.26. The van der Waals surface area contributed by atoms with E-state index in [-0.39, 0.29) is 6.04 Å². The van der Waals surface area contributed by atoms with Gasteiger partial charge in [0, 0.05) is 18.7 Å². The fourth-order valence-electron chi connectivity index (χ4n) is 2.62. The Bertz CT molecular complexity index is 367. The molecule has 2 N–H and O–H groups in total. The molecule has 1 rings (SSSR count). The summed E-state index contributed by atoms with van der Waals surface area (Å²) in [5.74, 6) is 0.593. The lowest BCUT2D eigenvalue weighted by molar-refractivity contribution is 0.359. The summed E-state index contributed by atoms with van der Waals surface area (Å²) in [6.45, 7) is 6.44. The number of nitrogens with two attached hydrogens (primary N) is 1. The van der Waals surface area contributed by atoms with Crippen molar-refractivity contribution in [2.45, 2.75) is 58.9 Å². The number of hydrogen-bond acceptors (Lipinski definition) is 2. The first-order valence-corrected chi connectivity index (χ1v) is 7.32. The molecule has 0 radical (unpaired) electrons. The summed E-state index contributed by atoms with van der Waals surface area (Å²) in [5.41, 5.74) is 8.49. The third-order valence-electron chi connectivity index (χ3n) is 3.63. The Labute approximate surface area is 116 Å². The highest BCUT2D eigenvalue weighted by Crippen LogP contribution is 2.24. The summed E-state index contributed by atoms with van der Waals surface area (Å²) in [7, 11) is 1.87. The largest absolute Gasteiger partial charge is 0.327 e. The molecule has 3 nitrogen and oxygen atoms in total. The van der Waals surface area contributed by atoms with Crippen molar-refractivity contribution in [1.82, 2.24) is 9.78 Å². The quantitative estimate of drug-likeness (QED) is 0.825. The highest BCUT2D eigenvalue weighted by atomic mass is 35.5. The van der Waals surface area contributed by atoms with Gasteiger partial charge in [0.1, 0.15) is 5.15 Å². The first kappa shape index (κ1) is 15.5. The van der Waals surface area contributed by atoms with Gasteiger partial charge in [0.05, 0.1) is 5.69 Å². The molecular weight excluding hydrogens is 246 g/mol. The first-order valence-electron chi connectivity index (χ1n) is 6.94. The maximum absolute atomic E-state index is 6.37. The molecule has 0 amide bonds. The van der Waals surface area contributed by atoms with Crippen molar-refractivity contribution in [1.29, 1.82) is 0 Å². The topological polar surface area (TPSA) is 43.8 Å². The van der Waals surface area contributed by atoms with E-state index >= 15 is 0 Å². The molecule has 4 heteroatoms. The maximum Gasteiger partial charge on any atom is 0.130 e. The van der Waals surface area contributed by atoms with Crippen LogP contribution in [0.2, 0.25) is 5.15 Å². The second-order valence-electron chi connectivity index (χ2n) is 5.18. The Kier molecular flexibility index (Phi) is 6.16. The van der Waals surface area contributed by atoms with Crippen molar-refractivity contribution < 1.29 is 0 Å². The molecule has 0 saturated carbocycles. The molecule has 1 unspecified atom stereocenters. The van der Waals surface area contributed by atoms with Crippen LogP contribution < -0.4 is 5.73 Å². The third-order valence-corrected chi connectivity index (χ3v) is 4.11. The van der Waals surface area contributed by atoms with Gasteiger partial charge in [-0.2, -0.15) is 5.10 Å². The SMILES string of the molecule is CCCC(CCC)C(N)Cc1c(C)nn(C)c1Cl. The fourth-order valence-corrected chi connectivity index (χ4v) is 2.87. The Morgan fingerprint density at radius 3 is 2.22 bits per heavy atom. The second-order valence-corrected chi connectivity index (χ2v) is 5.54. The summed E-state index contributed by atoms with van der Waals surface area (Å²) in [5, 5.41) is 5.08. The Hall–Kier alpha value is -0.540. The van der Waals surface area contributed by atoms with Crippen LogP contribution in [0.5, 0.6) is 0 Å². The van der Waals surface area contributed by atoms with Crippen molar-refractivity contribution in [3.63, 3.8) is 0 Å². The van der Waals surface area contributed by atoms with Gasteiger partial charge in [-0.05, 0) is 32.1 Å². The van der Waals surface area contributed by atoms with Gasteiger partial charge in [0.15, 0.2) is 0 Å². The van der Waals surface area contributed by atoms with Crippen LogP contribution in [0, 0.1) is 12.8 Å². The Balaban J connectivity index is 2.75. The molecule has 104 valence electrons. The lowest BCUT2D eigenvalue weighted by Crippen LogP contribution is -2.32. The zero-order valence-electron chi connectivity index (χ0n) is 12.0. The van der Waals surface area contributed by atoms with Crippen LogP contribution in [0.1, 0.15) is 50.8 Å². The molecule has 1 heterocycles. The van der Waals surface area contributed by atoms with Crippen LogP contribution >= 0.6 is 11.6 Å². The van der Waals surface area contributed by atoms with E-state index in [1.54, 1.807) is 4.68 Å². The first-order chi connectivity index (χ1) is 8.51. The summed E-state index contributed by atoms with van der Waals surface area (Å²) in [6, 6.07) is 0.185. The zero-order chi connectivity index (χ0) is 13.7. The van der Waals surface area contributed by atoms with Crippen molar-refractivity contribution in [3.8, 4) is 0 Å². The number of rotatable bonds is 7. The summed E-state index contributed by atoms with van der Waals surface area (Å²) < 4.78 is 1.73. The normalized spacial score (nSPS) is 13.3. The second kappa shape index (κ2) is 7.15. The van der Waals surface area contributed by atoms with Gasteiger partial charge in [-0.15, -0.1) is 0 Å². The van der Waals surface area contributed by atoms with Crippen molar-refractivity contribution in [2.24, 2.45) is 18.7 Å². The molecule has 18 heavy (non-hydrogen) atoms. The number of aryl methyl sites for hydroxylation is 2. The van der Waals surface area contributed by atoms with E-state index in [2.05, 4.69) is 18.9 Å². The third kappa shape index (κ3) is 3.72. The number of nitrogens with zero attached hydrogens (tertiary/aromatic N) is 2. The van der Waals surface area contributed by atoms with Gasteiger partial charge in [-0.3, -0.25) is 4.68 Å². The van der Waals surface area contributed by atoms with Crippen LogP contribution in [0.15, 0.2) is 0 Å². The van der Waals surface area contributed by atoms with E-state index in [0.717, 1.165) is 22.8 Å². The molecule has 1 aromatic rings. The summed E-state index contributed by atoms with van der Waals surface area (Å²) in [6.07, 6.45) is 5.62. The lowest BCUT2D eigenvalue weighted by Gasteiger charge is -2.23. The van der Waals surface area contributed by atoms with Crippen LogP contribution in [-0.2, 0) is 13.5 Å². The molecule has 0 fully saturated rings.